The molecule has 1 heterocycles. The first-order valence-electron chi connectivity index (χ1n) is 7.33. The maximum Gasteiger partial charge on any atom is 0.342 e. The van der Waals surface area contributed by atoms with Gasteiger partial charge < -0.3 is 18.9 Å². The quantitative estimate of drug-likeness (QED) is 0.621. The lowest BCUT2D eigenvalue weighted by molar-refractivity contribution is 0.0471. The summed E-state index contributed by atoms with van der Waals surface area (Å²) < 4.78 is 20.7. The Morgan fingerprint density at radius 2 is 1.88 bits per heavy atom. The number of ether oxygens (including phenoxy) is 4. The molecular weight excluding hydrogens is 312 g/mol. The Balaban J connectivity index is 1.68. The molecule has 0 saturated heterocycles. The van der Waals surface area contributed by atoms with Gasteiger partial charge >= 0.3 is 5.97 Å². The summed E-state index contributed by atoms with van der Waals surface area (Å²) in [4.78, 5) is 24.4. The second-order valence-corrected chi connectivity index (χ2v) is 5.27. The molecular formula is C18H16O6. The normalized spacial score (nSPS) is 11.9. The lowest BCUT2D eigenvalue weighted by Crippen LogP contribution is -2.15. The molecule has 1 aliphatic rings. The molecule has 6 nitrogen and oxygen atoms in total. The Hall–Kier alpha value is -3.02. The van der Waals surface area contributed by atoms with Gasteiger partial charge in [0.25, 0.3) is 0 Å². The Morgan fingerprint density at radius 1 is 1.08 bits per heavy atom. The Kier molecular flexibility index (Phi) is 4.37. The van der Waals surface area contributed by atoms with Crippen LogP contribution >= 0.6 is 0 Å². The summed E-state index contributed by atoms with van der Waals surface area (Å²) in [6.07, 6.45) is 0. The summed E-state index contributed by atoms with van der Waals surface area (Å²) >= 11 is 0. The summed E-state index contributed by atoms with van der Waals surface area (Å²) in [6, 6.07) is 10.0. The van der Waals surface area contributed by atoms with E-state index < -0.39 is 5.97 Å². The van der Waals surface area contributed by atoms with Crippen LogP contribution in [0.15, 0.2) is 36.4 Å². The predicted molar refractivity (Wildman–Crippen MR) is 84.9 cm³/mol. The zero-order chi connectivity index (χ0) is 17.1. The molecule has 0 amide bonds. The van der Waals surface area contributed by atoms with Crippen molar-refractivity contribution in [1.82, 2.24) is 0 Å². The van der Waals surface area contributed by atoms with Crippen LogP contribution in [-0.4, -0.2) is 32.3 Å². The smallest absolute Gasteiger partial charge is 0.342 e. The highest BCUT2D eigenvalue weighted by atomic mass is 16.7. The third kappa shape index (κ3) is 3.17. The number of benzene rings is 2. The minimum absolute atomic E-state index is 0.134. The highest BCUT2D eigenvalue weighted by molar-refractivity contribution is 6.00. The number of Topliss-reactive ketones (excluding diaryl/α,β-unsaturated/α-hetero) is 1. The summed E-state index contributed by atoms with van der Waals surface area (Å²) in [5.74, 6) is 0.569. The van der Waals surface area contributed by atoms with Crippen molar-refractivity contribution in [3.8, 4) is 17.2 Å². The summed E-state index contributed by atoms with van der Waals surface area (Å²) in [5.41, 5.74) is 1.57. The lowest BCUT2D eigenvalue weighted by atomic mass is 10.1. The molecule has 0 atom stereocenters. The number of esters is 1. The zero-order valence-electron chi connectivity index (χ0n) is 13.3. The first-order valence-corrected chi connectivity index (χ1v) is 7.33. The van der Waals surface area contributed by atoms with Crippen LogP contribution in [0.4, 0.5) is 0 Å². The lowest BCUT2D eigenvalue weighted by Gasteiger charge is -2.09. The van der Waals surface area contributed by atoms with Crippen molar-refractivity contribution in [2.75, 3.05) is 20.5 Å². The molecule has 0 N–H and O–H groups in total. The van der Waals surface area contributed by atoms with Gasteiger partial charge in [-0.25, -0.2) is 4.79 Å². The molecule has 6 heteroatoms. The molecule has 0 bridgehead atoms. The van der Waals surface area contributed by atoms with Gasteiger partial charge in [-0.2, -0.15) is 0 Å². The topological polar surface area (TPSA) is 71.1 Å². The standard InChI is InChI=1S/C18H16O6/c1-11-3-5-15(21-2)13(7-11)18(20)22-9-14(19)12-4-6-16-17(8-12)24-10-23-16/h3-8H,9-10H2,1-2H3. The molecule has 2 aromatic carbocycles. The first kappa shape index (κ1) is 15.9. The van der Waals surface area contributed by atoms with E-state index in [0.717, 1.165) is 5.56 Å². The summed E-state index contributed by atoms with van der Waals surface area (Å²) in [7, 11) is 1.47. The van der Waals surface area contributed by atoms with Crippen LogP contribution in [0.3, 0.4) is 0 Å². The Labute approximate surface area is 138 Å². The maximum atomic E-state index is 12.2. The number of ketones is 1. The third-order valence-corrected chi connectivity index (χ3v) is 3.60. The second kappa shape index (κ2) is 6.62. The fourth-order valence-electron chi connectivity index (χ4n) is 2.34. The number of hydrogen-bond acceptors (Lipinski definition) is 6. The molecule has 1 aliphatic heterocycles. The van der Waals surface area contributed by atoms with E-state index in [1.54, 1.807) is 30.3 Å². The zero-order valence-corrected chi connectivity index (χ0v) is 13.3. The van der Waals surface area contributed by atoms with E-state index in [4.69, 9.17) is 18.9 Å². The maximum absolute atomic E-state index is 12.2. The Morgan fingerprint density at radius 3 is 2.67 bits per heavy atom. The third-order valence-electron chi connectivity index (χ3n) is 3.60. The average Bonchev–Trinajstić information content (AvgIpc) is 3.06. The van der Waals surface area contributed by atoms with Gasteiger partial charge in [0, 0.05) is 5.56 Å². The number of aryl methyl sites for hydroxylation is 1. The molecule has 24 heavy (non-hydrogen) atoms. The van der Waals surface area contributed by atoms with Crippen molar-refractivity contribution in [3.05, 3.63) is 53.1 Å². The van der Waals surface area contributed by atoms with Crippen molar-refractivity contribution >= 4 is 11.8 Å². The summed E-state index contributed by atoms with van der Waals surface area (Å²) in [6.45, 7) is 1.62. The van der Waals surface area contributed by atoms with Crippen molar-refractivity contribution < 1.29 is 28.5 Å². The largest absolute Gasteiger partial charge is 0.496 e. The molecule has 0 spiro atoms. The van der Waals surface area contributed by atoms with Gasteiger partial charge in [0.1, 0.15) is 11.3 Å². The number of hydrogen-bond donors (Lipinski definition) is 0. The van der Waals surface area contributed by atoms with E-state index in [0.29, 0.717) is 22.8 Å². The molecule has 0 aliphatic carbocycles. The van der Waals surface area contributed by atoms with E-state index >= 15 is 0 Å². The van der Waals surface area contributed by atoms with E-state index in [1.165, 1.54) is 7.11 Å². The predicted octanol–water partition coefficient (Wildman–Crippen LogP) is 2.77. The molecule has 124 valence electrons. The van der Waals surface area contributed by atoms with Crippen LogP contribution < -0.4 is 14.2 Å². The average molecular weight is 328 g/mol. The molecule has 0 fully saturated rings. The van der Waals surface area contributed by atoms with Gasteiger partial charge in [-0.05, 0) is 37.3 Å². The minimum atomic E-state index is -0.607. The van der Waals surface area contributed by atoms with Gasteiger partial charge in [-0.15, -0.1) is 0 Å². The number of fused-ring (bicyclic) bond motifs is 1. The minimum Gasteiger partial charge on any atom is -0.496 e. The molecule has 3 rings (SSSR count). The van der Waals surface area contributed by atoms with Crippen molar-refractivity contribution in [1.29, 1.82) is 0 Å². The highest BCUT2D eigenvalue weighted by Gasteiger charge is 2.19. The van der Waals surface area contributed by atoms with E-state index in [1.807, 2.05) is 13.0 Å². The summed E-state index contributed by atoms with van der Waals surface area (Å²) in [5, 5.41) is 0. The van der Waals surface area contributed by atoms with Gasteiger partial charge in [0.2, 0.25) is 6.79 Å². The van der Waals surface area contributed by atoms with E-state index in [9.17, 15) is 9.59 Å². The van der Waals surface area contributed by atoms with Crippen LogP contribution in [-0.2, 0) is 4.74 Å². The van der Waals surface area contributed by atoms with Gasteiger partial charge in [0.15, 0.2) is 23.9 Å². The fraction of sp³-hybridized carbons (Fsp3) is 0.222. The second-order valence-electron chi connectivity index (χ2n) is 5.27. The first-order chi connectivity index (χ1) is 11.6. The van der Waals surface area contributed by atoms with E-state index in [2.05, 4.69) is 0 Å². The molecule has 0 unspecified atom stereocenters. The molecule has 0 radical (unpaired) electrons. The molecule has 2 aromatic rings. The van der Waals surface area contributed by atoms with Crippen LogP contribution in [0.25, 0.3) is 0 Å². The van der Waals surface area contributed by atoms with Crippen LogP contribution in [0, 0.1) is 6.92 Å². The SMILES string of the molecule is COc1ccc(C)cc1C(=O)OCC(=O)c1ccc2c(c1)OCO2. The number of methoxy groups -OCH3 is 1. The fourth-order valence-corrected chi connectivity index (χ4v) is 2.34. The van der Waals surface area contributed by atoms with Gasteiger partial charge in [-0.3, -0.25) is 4.79 Å². The van der Waals surface area contributed by atoms with E-state index in [-0.39, 0.29) is 24.7 Å². The van der Waals surface area contributed by atoms with Gasteiger partial charge in [-0.1, -0.05) is 11.6 Å². The van der Waals surface area contributed by atoms with Crippen molar-refractivity contribution in [2.45, 2.75) is 6.92 Å². The van der Waals surface area contributed by atoms with Crippen molar-refractivity contribution in [3.63, 3.8) is 0 Å². The number of carbonyl (C=O) groups excluding carboxylic acids is 2. The molecule has 0 saturated carbocycles. The van der Waals surface area contributed by atoms with Crippen LogP contribution in [0.5, 0.6) is 17.2 Å². The molecule has 0 aromatic heterocycles. The van der Waals surface area contributed by atoms with Crippen LogP contribution in [0.2, 0.25) is 0 Å². The monoisotopic (exact) mass is 328 g/mol. The Bertz CT molecular complexity index is 796. The van der Waals surface area contributed by atoms with Gasteiger partial charge in [0.05, 0.1) is 7.11 Å². The highest BCUT2D eigenvalue weighted by Crippen LogP contribution is 2.32. The number of rotatable bonds is 5. The van der Waals surface area contributed by atoms with Crippen LogP contribution in [0.1, 0.15) is 26.3 Å². The number of carbonyl (C=O) groups is 2. The van der Waals surface area contributed by atoms with Crippen molar-refractivity contribution in [2.24, 2.45) is 0 Å².